The summed E-state index contributed by atoms with van der Waals surface area (Å²) >= 11 is 0. The third-order valence-electron chi connectivity index (χ3n) is 6.01. The standard InChI is InChI=1S/C26H29N3O3/c1-19-7-9-20(10-8-19)31-18-26-27-22-12-11-21(17-24(22)28(26)2)32-25-6-4-3-5-23(25)29-13-15-30-16-14-29/h3-12,17,26-27H,13-16,18H2,1-2H3. The van der Waals surface area contributed by atoms with E-state index in [0.717, 1.165) is 60.6 Å². The normalized spacial score (nSPS) is 17.6. The zero-order chi connectivity index (χ0) is 21.9. The van der Waals surface area contributed by atoms with Gasteiger partial charge in [-0.15, -0.1) is 0 Å². The molecule has 32 heavy (non-hydrogen) atoms. The van der Waals surface area contributed by atoms with Gasteiger partial charge in [-0.1, -0.05) is 29.8 Å². The lowest BCUT2D eigenvalue weighted by Gasteiger charge is -2.30. The lowest BCUT2D eigenvalue weighted by Crippen LogP contribution is -2.37. The quantitative estimate of drug-likeness (QED) is 0.600. The van der Waals surface area contributed by atoms with Crippen LogP contribution in [-0.2, 0) is 4.74 Å². The summed E-state index contributed by atoms with van der Waals surface area (Å²) < 4.78 is 17.8. The number of hydrogen-bond acceptors (Lipinski definition) is 6. The van der Waals surface area contributed by atoms with Gasteiger partial charge in [-0.2, -0.15) is 0 Å². The van der Waals surface area contributed by atoms with E-state index in [1.54, 1.807) is 0 Å². The molecule has 1 saturated heterocycles. The van der Waals surface area contributed by atoms with Crippen LogP contribution in [0.4, 0.5) is 17.1 Å². The molecule has 0 aliphatic carbocycles. The number of hydrogen-bond donors (Lipinski definition) is 1. The SMILES string of the molecule is Cc1ccc(OCC2Nc3ccc(Oc4ccccc4N4CCOCC4)cc3N2C)cc1. The molecule has 6 heteroatoms. The zero-order valence-electron chi connectivity index (χ0n) is 18.6. The summed E-state index contributed by atoms with van der Waals surface area (Å²) in [6, 6.07) is 22.5. The van der Waals surface area contributed by atoms with Crippen LogP contribution < -0.4 is 24.6 Å². The summed E-state index contributed by atoms with van der Waals surface area (Å²) in [7, 11) is 2.08. The highest BCUT2D eigenvalue weighted by molar-refractivity contribution is 5.77. The molecule has 1 unspecified atom stereocenters. The Morgan fingerprint density at radius 3 is 2.50 bits per heavy atom. The highest BCUT2D eigenvalue weighted by Crippen LogP contribution is 2.39. The average molecular weight is 432 g/mol. The van der Waals surface area contributed by atoms with Gasteiger partial charge in [0.1, 0.15) is 24.3 Å². The van der Waals surface area contributed by atoms with Crippen LogP contribution in [0.3, 0.4) is 0 Å². The van der Waals surface area contributed by atoms with Crippen molar-refractivity contribution in [3.63, 3.8) is 0 Å². The Morgan fingerprint density at radius 1 is 0.938 bits per heavy atom. The fourth-order valence-corrected chi connectivity index (χ4v) is 4.13. The van der Waals surface area contributed by atoms with Crippen LogP contribution in [0.1, 0.15) is 5.56 Å². The molecule has 1 N–H and O–H groups in total. The molecule has 2 aliphatic heterocycles. The molecule has 166 valence electrons. The van der Waals surface area contributed by atoms with E-state index in [0.29, 0.717) is 6.61 Å². The number of morpholine rings is 1. The number of nitrogens with zero attached hydrogens (tertiary/aromatic N) is 2. The van der Waals surface area contributed by atoms with Crippen molar-refractivity contribution in [2.24, 2.45) is 0 Å². The number of benzene rings is 3. The number of ether oxygens (including phenoxy) is 3. The fraction of sp³-hybridized carbons (Fsp3) is 0.308. The van der Waals surface area contributed by atoms with E-state index in [4.69, 9.17) is 14.2 Å². The van der Waals surface area contributed by atoms with Gasteiger partial charge in [-0.05, 0) is 43.3 Å². The minimum atomic E-state index is 0.0576. The van der Waals surface area contributed by atoms with E-state index in [1.807, 2.05) is 30.3 Å². The predicted molar refractivity (Wildman–Crippen MR) is 128 cm³/mol. The van der Waals surface area contributed by atoms with Crippen LogP contribution in [0.25, 0.3) is 0 Å². The molecule has 0 amide bonds. The maximum atomic E-state index is 6.34. The second-order valence-corrected chi connectivity index (χ2v) is 8.24. The molecular weight excluding hydrogens is 402 g/mol. The van der Waals surface area contributed by atoms with Crippen molar-refractivity contribution in [1.82, 2.24) is 0 Å². The van der Waals surface area contributed by atoms with Gasteiger partial charge in [0.25, 0.3) is 0 Å². The first-order chi connectivity index (χ1) is 15.7. The summed E-state index contributed by atoms with van der Waals surface area (Å²) in [5, 5.41) is 3.54. The van der Waals surface area contributed by atoms with Crippen LogP contribution in [0.5, 0.6) is 17.2 Å². The lowest BCUT2D eigenvalue weighted by atomic mass is 10.2. The van der Waals surface area contributed by atoms with E-state index in [9.17, 15) is 0 Å². The Bertz CT molecular complexity index is 1060. The Hall–Kier alpha value is -3.38. The number of rotatable bonds is 6. The molecule has 0 radical (unpaired) electrons. The first kappa shape index (κ1) is 20.5. The van der Waals surface area contributed by atoms with Gasteiger partial charge in [0.15, 0.2) is 5.75 Å². The molecule has 1 fully saturated rings. The number of nitrogens with one attached hydrogen (secondary N) is 1. The van der Waals surface area contributed by atoms with Gasteiger partial charge in [-0.3, -0.25) is 0 Å². The molecule has 0 saturated carbocycles. The maximum absolute atomic E-state index is 6.34. The molecule has 0 bridgehead atoms. The topological polar surface area (TPSA) is 46.2 Å². The molecular formula is C26H29N3O3. The van der Waals surface area contributed by atoms with Crippen LogP contribution in [0, 0.1) is 6.92 Å². The van der Waals surface area contributed by atoms with Crippen molar-refractivity contribution in [3.8, 4) is 17.2 Å². The van der Waals surface area contributed by atoms with Gasteiger partial charge < -0.3 is 29.3 Å². The van der Waals surface area contributed by atoms with Gasteiger partial charge in [0, 0.05) is 26.2 Å². The predicted octanol–water partition coefficient (Wildman–Crippen LogP) is 4.89. The number of aryl methyl sites for hydroxylation is 1. The lowest BCUT2D eigenvalue weighted by molar-refractivity contribution is 0.122. The summed E-state index contributed by atoms with van der Waals surface area (Å²) in [5.41, 5.74) is 4.51. The zero-order valence-corrected chi connectivity index (χ0v) is 18.6. The molecule has 0 spiro atoms. The minimum Gasteiger partial charge on any atom is -0.489 e. The average Bonchev–Trinajstić information content (AvgIpc) is 3.15. The second-order valence-electron chi connectivity index (χ2n) is 8.24. The van der Waals surface area contributed by atoms with Crippen molar-refractivity contribution < 1.29 is 14.2 Å². The van der Waals surface area contributed by atoms with Gasteiger partial charge in [0.2, 0.25) is 0 Å². The van der Waals surface area contributed by atoms with E-state index in [1.165, 1.54) is 5.56 Å². The van der Waals surface area contributed by atoms with Crippen LogP contribution in [0.15, 0.2) is 66.7 Å². The van der Waals surface area contributed by atoms with Crippen molar-refractivity contribution >= 4 is 17.1 Å². The summed E-state index contributed by atoms with van der Waals surface area (Å²) in [5.74, 6) is 2.56. The van der Waals surface area contributed by atoms with E-state index in [-0.39, 0.29) is 6.17 Å². The summed E-state index contributed by atoms with van der Waals surface area (Å²) in [6.45, 7) is 5.86. The molecule has 2 aliphatic rings. The molecule has 0 aromatic heterocycles. The highest BCUT2D eigenvalue weighted by Gasteiger charge is 2.27. The molecule has 3 aromatic carbocycles. The molecule has 3 aromatic rings. The van der Waals surface area contributed by atoms with Gasteiger partial charge in [0.05, 0.1) is 30.3 Å². The van der Waals surface area contributed by atoms with Crippen LogP contribution >= 0.6 is 0 Å². The number of likely N-dealkylation sites (N-methyl/N-ethyl adjacent to an activating group) is 1. The fourth-order valence-electron chi connectivity index (χ4n) is 4.13. The molecule has 6 nitrogen and oxygen atoms in total. The third-order valence-corrected chi connectivity index (χ3v) is 6.01. The number of fused-ring (bicyclic) bond motifs is 1. The van der Waals surface area contributed by atoms with Gasteiger partial charge in [-0.25, -0.2) is 0 Å². The van der Waals surface area contributed by atoms with Gasteiger partial charge >= 0.3 is 0 Å². The second kappa shape index (κ2) is 9.01. The third kappa shape index (κ3) is 4.32. The van der Waals surface area contributed by atoms with E-state index in [2.05, 4.69) is 65.5 Å². The van der Waals surface area contributed by atoms with E-state index >= 15 is 0 Å². The molecule has 5 rings (SSSR count). The maximum Gasteiger partial charge on any atom is 0.150 e. The monoisotopic (exact) mass is 431 g/mol. The van der Waals surface area contributed by atoms with Crippen molar-refractivity contribution in [1.29, 1.82) is 0 Å². The minimum absolute atomic E-state index is 0.0576. The molecule has 2 heterocycles. The Kier molecular flexibility index (Phi) is 5.77. The number of anilines is 3. The summed E-state index contributed by atoms with van der Waals surface area (Å²) in [6.07, 6.45) is 0.0576. The van der Waals surface area contributed by atoms with Crippen LogP contribution in [0.2, 0.25) is 0 Å². The van der Waals surface area contributed by atoms with E-state index < -0.39 is 0 Å². The first-order valence-corrected chi connectivity index (χ1v) is 11.1. The largest absolute Gasteiger partial charge is 0.489 e. The summed E-state index contributed by atoms with van der Waals surface area (Å²) in [4.78, 5) is 4.52. The van der Waals surface area contributed by atoms with Crippen molar-refractivity contribution in [2.45, 2.75) is 13.1 Å². The Labute approximate surface area is 189 Å². The van der Waals surface area contributed by atoms with Crippen molar-refractivity contribution in [3.05, 3.63) is 72.3 Å². The van der Waals surface area contributed by atoms with Crippen molar-refractivity contribution in [2.75, 3.05) is 55.1 Å². The van der Waals surface area contributed by atoms with Crippen LogP contribution in [-0.4, -0.2) is 46.1 Å². The first-order valence-electron chi connectivity index (χ1n) is 11.1. The Morgan fingerprint density at radius 2 is 1.69 bits per heavy atom. The number of para-hydroxylation sites is 2. The highest BCUT2D eigenvalue weighted by atomic mass is 16.5. The molecule has 1 atom stereocenters. The Balaban J connectivity index is 1.28. The smallest absolute Gasteiger partial charge is 0.150 e.